The summed E-state index contributed by atoms with van der Waals surface area (Å²) in [5, 5.41) is 8.79. The van der Waals surface area contributed by atoms with Crippen molar-refractivity contribution in [2.24, 2.45) is 0 Å². The molecule has 0 spiro atoms. The van der Waals surface area contributed by atoms with Crippen molar-refractivity contribution < 1.29 is 4.74 Å². The molecule has 1 fully saturated rings. The van der Waals surface area contributed by atoms with Crippen LogP contribution >= 0.6 is 34.5 Å². The zero-order valence-corrected chi connectivity index (χ0v) is 13.2. The normalized spacial score (nSPS) is 14.5. The first kappa shape index (κ1) is 14.2. The minimum atomic E-state index is 0.529. The molecule has 1 N–H and O–H groups in total. The molecule has 2 aromatic rings. The molecule has 0 unspecified atom stereocenters. The number of hydrogen-bond donors (Lipinski definition) is 1. The van der Waals surface area contributed by atoms with Gasteiger partial charge in [-0.15, -0.1) is 0 Å². The Bertz CT molecular complexity index is 582. The summed E-state index contributed by atoms with van der Waals surface area (Å²) in [6.07, 6.45) is 2.50. The van der Waals surface area contributed by atoms with Gasteiger partial charge < -0.3 is 10.1 Å². The molecule has 1 aromatic carbocycles. The number of nitrogens with one attached hydrogen (secondary N) is 1. The lowest BCUT2D eigenvalue weighted by molar-refractivity contribution is 0.303. The number of ether oxygens (including phenoxy) is 1. The molecule has 1 saturated carbocycles. The zero-order chi connectivity index (χ0) is 13.9. The first-order valence-electron chi connectivity index (χ1n) is 6.57. The number of hydrogen-bond acceptors (Lipinski definition) is 3. The molecule has 1 aliphatic carbocycles. The van der Waals surface area contributed by atoms with E-state index in [1.807, 2.05) is 11.4 Å². The van der Waals surface area contributed by atoms with E-state index in [9.17, 15) is 0 Å². The third kappa shape index (κ3) is 3.67. The molecule has 5 heteroatoms. The smallest absolute Gasteiger partial charge is 0.142 e. The van der Waals surface area contributed by atoms with Crippen molar-refractivity contribution in [3.8, 4) is 5.75 Å². The van der Waals surface area contributed by atoms with Crippen molar-refractivity contribution in [3.05, 3.63) is 50.1 Å². The van der Waals surface area contributed by atoms with E-state index in [2.05, 4.69) is 16.8 Å². The second-order valence-corrected chi connectivity index (χ2v) is 6.57. The Morgan fingerprint density at radius 2 is 2.15 bits per heavy atom. The highest BCUT2D eigenvalue weighted by Gasteiger charge is 2.21. The standard InChI is InChI=1S/C15H15Cl2NOS/c16-12-5-11(7-18-13-1-2-13)15(14(17)6-12)19-8-10-3-4-20-9-10/h3-6,9,13,18H,1-2,7-8H2. The van der Waals surface area contributed by atoms with E-state index >= 15 is 0 Å². The van der Waals surface area contributed by atoms with Gasteiger partial charge in [-0.25, -0.2) is 0 Å². The summed E-state index contributed by atoms with van der Waals surface area (Å²) in [6, 6.07) is 6.34. The minimum Gasteiger partial charge on any atom is -0.487 e. The van der Waals surface area contributed by atoms with Crippen LogP contribution < -0.4 is 10.1 Å². The highest BCUT2D eigenvalue weighted by Crippen LogP contribution is 2.33. The van der Waals surface area contributed by atoms with Crippen LogP contribution in [0.15, 0.2) is 29.0 Å². The van der Waals surface area contributed by atoms with Crippen LogP contribution in [0, 0.1) is 0 Å². The topological polar surface area (TPSA) is 21.3 Å². The molecule has 0 amide bonds. The van der Waals surface area contributed by atoms with E-state index in [0.29, 0.717) is 22.7 Å². The molecule has 2 nitrogen and oxygen atoms in total. The van der Waals surface area contributed by atoms with Gasteiger partial charge in [0.1, 0.15) is 12.4 Å². The second-order valence-electron chi connectivity index (χ2n) is 4.95. The van der Waals surface area contributed by atoms with Crippen molar-refractivity contribution in [2.45, 2.75) is 32.0 Å². The SMILES string of the molecule is Clc1cc(Cl)c(OCc2ccsc2)c(CNC2CC2)c1. The lowest BCUT2D eigenvalue weighted by Crippen LogP contribution is -2.16. The van der Waals surface area contributed by atoms with Gasteiger partial charge in [0, 0.05) is 23.2 Å². The summed E-state index contributed by atoms with van der Waals surface area (Å²) in [5.74, 6) is 0.732. The van der Waals surface area contributed by atoms with Crippen LogP contribution in [0.3, 0.4) is 0 Å². The number of halogens is 2. The van der Waals surface area contributed by atoms with E-state index in [0.717, 1.165) is 23.4 Å². The molecule has 0 bridgehead atoms. The van der Waals surface area contributed by atoms with Crippen LogP contribution in [-0.2, 0) is 13.2 Å². The lowest BCUT2D eigenvalue weighted by atomic mass is 10.2. The average Bonchev–Trinajstić information content (AvgIpc) is 3.10. The van der Waals surface area contributed by atoms with E-state index < -0.39 is 0 Å². The Balaban J connectivity index is 1.75. The second kappa shape index (κ2) is 6.35. The molecule has 1 heterocycles. The fourth-order valence-corrected chi connectivity index (χ4v) is 3.22. The Kier molecular flexibility index (Phi) is 4.51. The summed E-state index contributed by atoms with van der Waals surface area (Å²) in [4.78, 5) is 0. The predicted molar refractivity (Wildman–Crippen MR) is 85.0 cm³/mol. The molecule has 0 radical (unpaired) electrons. The summed E-state index contributed by atoms with van der Waals surface area (Å²) in [6.45, 7) is 1.27. The van der Waals surface area contributed by atoms with Gasteiger partial charge in [-0.2, -0.15) is 11.3 Å². The summed E-state index contributed by atoms with van der Waals surface area (Å²) in [5.41, 5.74) is 2.17. The Labute approximate surface area is 132 Å². The maximum Gasteiger partial charge on any atom is 0.142 e. The Hall–Kier alpha value is -0.740. The maximum absolute atomic E-state index is 6.27. The van der Waals surface area contributed by atoms with Crippen molar-refractivity contribution in [3.63, 3.8) is 0 Å². The van der Waals surface area contributed by atoms with Crippen LogP contribution in [0.5, 0.6) is 5.75 Å². The van der Waals surface area contributed by atoms with Crippen molar-refractivity contribution >= 4 is 34.5 Å². The largest absolute Gasteiger partial charge is 0.487 e. The number of thiophene rings is 1. The first-order valence-corrected chi connectivity index (χ1v) is 8.27. The minimum absolute atomic E-state index is 0.529. The number of rotatable bonds is 6. The fourth-order valence-electron chi connectivity index (χ4n) is 1.98. The van der Waals surface area contributed by atoms with Crippen molar-refractivity contribution in [1.82, 2.24) is 5.32 Å². The molecule has 1 aromatic heterocycles. The number of benzene rings is 1. The third-order valence-electron chi connectivity index (χ3n) is 3.21. The zero-order valence-electron chi connectivity index (χ0n) is 10.9. The molecular weight excluding hydrogens is 313 g/mol. The van der Waals surface area contributed by atoms with Gasteiger partial charge in [-0.3, -0.25) is 0 Å². The summed E-state index contributed by atoms with van der Waals surface area (Å²) in [7, 11) is 0. The molecular formula is C15H15Cl2NOS. The first-order chi connectivity index (χ1) is 9.72. The molecule has 1 aliphatic rings. The van der Waals surface area contributed by atoms with E-state index in [1.54, 1.807) is 17.4 Å². The molecule has 0 aliphatic heterocycles. The van der Waals surface area contributed by atoms with Gasteiger partial charge in [-0.05, 0) is 47.4 Å². The van der Waals surface area contributed by atoms with Gasteiger partial charge in [0.2, 0.25) is 0 Å². The van der Waals surface area contributed by atoms with E-state index in [1.165, 1.54) is 12.8 Å². The quantitative estimate of drug-likeness (QED) is 0.815. The maximum atomic E-state index is 6.27. The highest BCUT2D eigenvalue weighted by molar-refractivity contribution is 7.07. The highest BCUT2D eigenvalue weighted by atomic mass is 35.5. The fraction of sp³-hybridized carbons (Fsp3) is 0.333. The molecule has 106 valence electrons. The predicted octanol–water partition coefficient (Wildman–Crippen LogP) is 4.89. The van der Waals surface area contributed by atoms with Crippen LogP contribution in [0.2, 0.25) is 10.0 Å². The molecule has 0 saturated heterocycles. The van der Waals surface area contributed by atoms with E-state index in [-0.39, 0.29) is 0 Å². The molecule has 3 rings (SSSR count). The summed E-state index contributed by atoms with van der Waals surface area (Å²) >= 11 is 14.0. The van der Waals surface area contributed by atoms with Crippen LogP contribution in [0.1, 0.15) is 24.0 Å². The Morgan fingerprint density at radius 1 is 1.30 bits per heavy atom. The van der Waals surface area contributed by atoms with Crippen molar-refractivity contribution in [2.75, 3.05) is 0 Å². The van der Waals surface area contributed by atoms with Gasteiger partial charge in [0.15, 0.2) is 0 Å². The Morgan fingerprint density at radius 3 is 2.85 bits per heavy atom. The van der Waals surface area contributed by atoms with Crippen LogP contribution in [0.25, 0.3) is 0 Å². The van der Waals surface area contributed by atoms with Gasteiger partial charge >= 0.3 is 0 Å². The molecule has 20 heavy (non-hydrogen) atoms. The van der Waals surface area contributed by atoms with Gasteiger partial charge in [0.05, 0.1) is 5.02 Å². The van der Waals surface area contributed by atoms with Crippen molar-refractivity contribution in [1.29, 1.82) is 0 Å². The monoisotopic (exact) mass is 327 g/mol. The van der Waals surface area contributed by atoms with Gasteiger partial charge in [0.25, 0.3) is 0 Å². The van der Waals surface area contributed by atoms with Crippen LogP contribution in [-0.4, -0.2) is 6.04 Å². The summed E-state index contributed by atoms with van der Waals surface area (Å²) < 4.78 is 5.90. The lowest BCUT2D eigenvalue weighted by Gasteiger charge is -2.14. The van der Waals surface area contributed by atoms with Gasteiger partial charge in [-0.1, -0.05) is 23.2 Å². The third-order valence-corrected chi connectivity index (χ3v) is 4.44. The van der Waals surface area contributed by atoms with Crippen LogP contribution in [0.4, 0.5) is 0 Å². The molecule has 0 atom stereocenters. The van der Waals surface area contributed by atoms with E-state index in [4.69, 9.17) is 27.9 Å². The average molecular weight is 328 g/mol.